The maximum Gasteiger partial charge on any atom is 0.0805 e. The Labute approximate surface area is 111 Å². The third-order valence-corrected chi connectivity index (χ3v) is 6.17. The van der Waals surface area contributed by atoms with E-state index < -0.39 is 5.60 Å². The van der Waals surface area contributed by atoms with Crippen molar-refractivity contribution >= 4 is 0 Å². The summed E-state index contributed by atoms with van der Waals surface area (Å²) in [5, 5.41) is 18.0. The molecule has 1 heterocycles. The van der Waals surface area contributed by atoms with Gasteiger partial charge >= 0.3 is 0 Å². The first-order valence-electron chi connectivity index (χ1n) is 7.61. The van der Waals surface area contributed by atoms with Crippen molar-refractivity contribution in [3.8, 4) is 0 Å². The van der Waals surface area contributed by atoms with Crippen molar-refractivity contribution < 1.29 is 5.11 Å². The number of fused-ring (bicyclic) bond motifs is 2. The van der Waals surface area contributed by atoms with Crippen LogP contribution in [0.4, 0.5) is 0 Å². The van der Waals surface area contributed by atoms with E-state index in [1.165, 1.54) is 19.3 Å². The number of hydrogen-bond donors (Lipinski definition) is 3. The zero-order valence-electron chi connectivity index (χ0n) is 12.0. The zero-order chi connectivity index (χ0) is 13.0. The summed E-state index contributed by atoms with van der Waals surface area (Å²) in [7, 11) is 0. The lowest BCUT2D eigenvalue weighted by molar-refractivity contribution is -0.209. The fraction of sp³-hybridized carbons (Fsp3) is 1.00. The average Bonchev–Trinajstić information content (AvgIpc) is 2.78. The highest BCUT2D eigenvalue weighted by Gasteiger charge is 2.62. The van der Waals surface area contributed by atoms with Crippen LogP contribution in [0.3, 0.4) is 0 Å². The first-order valence-corrected chi connectivity index (χ1v) is 7.61. The van der Waals surface area contributed by atoms with E-state index in [2.05, 4.69) is 31.4 Å². The van der Waals surface area contributed by atoms with Crippen LogP contribution in [-0.2, 0) is 0 Å². The molecular formula is C15H28N2O. The molecule has 4 rings (SSSR count). The molecule has 104 valence electrons. The number of rotatable bonds is 3. The molecule has 3 aliphatic carbocycles. The molecule has 1 saturated heterocycles. The molecule has 3 saturated carbocycles. The molecule has 0 aromatic rings. The van der Waals surface area contributed by atoms with Crippen molar-refractivity contribution in [2.45, 2.75) is 64.1 Å². The Balaban J connectivity index is 1.60. The summed E-state index contributed by atoms with van der Waals surface area (Å²) in [5.74, 6) is 1.27. The van der Waals surface area contributed by atoms with Crippen molar-refractivity contribution in [1.82, 2.24) is 10.6 Å². The van der Waals surface area contributed by atoms with Crippen LogP contribution in [0.5, 0.6) is 0 Å². The molecule has 0 radical (unpaired) electrons. The second-order valence-electron chi connectivity index (χ2n) is 7.52. The number of hydrogen-bond acceptors (Lipinski definition) is 3. The summed E-state index contributed by atoms with van der Waals surface area (Å²) in [5.41, 5.74) is -0.190. The van der Waals surface area contributed by atoms with Gasteiger partial charge in [0.2, 0.25) is 0 Å². The summed E-state index contributed by atoms with van der Waals surface area (Å²) in [6.07, 6.45) is 4.94. The van der Waals surface area contributed by atoms with E-state index in [1.54, 1.807) is 0 Å². The molecule has 0 amide bonds. The first-order chi connectivity index (χ1) is 8.42. The molecule has 3 N–H and O–H groups in total. The SMILES string of the molecule is CC1(C)[C@@H]2C[C@H]1[C@@](C)(O)[C@H](NC[C@@H]1CCCN1)C2. The van der Waals surface area contributed by atoms with Gasteiger partial charge in [-0.2, -0.15) is 0 Å². The third kappa shape index (κ3) is 1.83. The van der Waals surface area contributed by atoms with Gasteiger partial charge in [-0.05, 0) is 56.4 Å². The van der Waals surface area contributed by atoms with Crippen molar-refractivity contribution in [3.05, 3.63) is 0 Å². The molecular weight excluding hydrogens is 224 g/mol. The highest BCUT2D eigenvalue weighted by molar-refractivity contribution is 5.14. The normalized spacial score (nSPS) is 50.0. The van der Waals surface area contributed by atoms with E-state index in [9.17, 15) is 5.11 Å². The Morgan fingerprint density at radius 2 is 2.06 bits per heavy atom. The molecule has 0 aromatic heterocycles. The molecule has 0 unspecified atom stereocenters. The monoisotopic (exact) mass is 252 g/mol. The lowest BCUT2D eigenvalue weighted by Gasteiger charge is -2.65. The Hall–Kier alpha value is -0.120. The molecule has 0 aromatic carbocycles. The molecule has 2 bridgehead atoms. The predicted molar refractivity (Wildman–Crippen MR) is 73.4 cm³/mol. The Bertz CT molecular complexity index is 320. The van der Waals surface area contributed by atoms with E-state index in [1.807, 2.05) is 0 Å². The molecule has 0 spiro atoms. The van der Waals surface area contributed by atoms with Crippen LogP contribution in [0.25, 0.3) is 0 Å². The van der Waals surface area contributed by atoms with Crippen LogP contribution in [0.2, 0.25) is 0 Å². The highest BCUT2D eigenvalue weighted by Crippen LogP contribution is 2.62. The molecule has 4 fully saturated rings. The van der Waals surface area contributed by atoms with Crippen LogP contribution in [0.1, 0.15) is 46.5 Å². The molecule has 3 nitrogen and oxygen atoms in total. The van der Waals surface area contributed by atoms with E-state index in [-0.39, 0.29) is 6.04 Å². The second kappa shape index (κ2) is 4.19. The molecule has 5 atom stereocenters. The minimum atomic E-state index is -0.531. The van der Waals surface area contributed by atoms with Gasteiger partial charge in [0.25, 0.3) is 0 Å². The van der Waals surface area contributed by atoms with Gasteiger partial charge in [0, 0.05) is 18.6 Å². The van der Waals surface area contributed by atoms with E-state index >= 15 is 0 Å². The van der Waals surface area contributed by atoms with Crippen LogP contribution in [0, 0.1) is 17.3 Å². The van der Waals surface area contributed by atoms with Crippen molar-refractivity contribution in [2.75, 3.05) is 13.1 Å². The van der Waals surface area contributed by atoms with E-state index in [0.29, 0.717) is 17.4 Å². The van der Waals surface area contributed by atoms with Crippen LogP contribution >= 0.6 is 0 Å². The fourth-order valence-corrected chi connectivity index (χ4v) is 4.68. The van der Waals surface area contributed by atoms with Gasteiger partial charge in [-0.25, -0.2) is 0 Å². The molecule has 1 aliphatic heterocycles. The van der Waals surface area contributed by atoms with E-state index in [0.717, 1.165) is 25.4 Å². The number of nitrogens with one attached hydrogen (secondary N) is 2. The average molecular weight is 252 g/mol. The Morgan fingerprint density at radius 1 is 1.28 bits per heavy atom. The topological polar surface area (TPSA) is 44.3 Å². The van der Waals surface area contributed by atoms with Gasteiger partial charge in [0.15, 0.2) is 0 Å². The second-order valence-corrected chi connectivity index (χ2v) is 7.52. The molecule has 18 heavy (non-hydrogen) atoms. The quantitative estimate of drug-likeness (QED) is 0.713. The van der Waals surface area contributed by atoms with Crippen LogP contribution in [0.15, 0.2) is 0 Å². The van der Waals surface area contributed by atoms with E-state index in [4.69, 9.17) is 0 Å². The first kappa shape index (κ1) is 12.9. The Kier molecular flexibility index (Phi) is 3.00. The molecule has 4 aliphatic rings. The lowest BCUT2D eigenvalue weighted by Crippen LogP contribution is -2.70. The Morgan fingerprint density at radius 3 is 2.61 bits per heavy atom. The minimum absolute atomic E-state index is 0.289. The third-order valence-electron chi connectivity index (χ3n) is 6.17. The van der Waals surface area contributed by atoms with Crippen LogP contribution < -0.4 is 10.6 Å². The van der Waals surface area contributed by atoms with Crippen LogP contribution in [-0.4, -0.2) is 35.9 Å². The van der Waals surface area contributed by atoms with Crippen molar-refractivity contribution in [1.29, 1.82) is 0 Å². The fourth-order valence-electron chi connectivity index (χ4n) is 4.68. The van der Waals surface area contributed by atoms with Gasteiger partial charge in [-0.15, -0.1) is 0 Å². The largest absolute Gasteiger partial charge is 0.388 e. The van der Waals surface area contributed by atoms with Gasteiger partial charge in [-0.3, -0.25) is 0 Å². The highest BCUT2D eigenvalue weighted by atomic mass is 16.3. The maximum atomic E-state index is 10.9. The summed E-state index contributed by atoms with van der Waals surface area (Å²) in [4.78, 5) is 0. The lowest BCUT2D eigenvalue weighted by atomic mass is 9.43. The zero-order valence-corrected chi connectivity index (χ0v) is 12.0. The standard InChI is InChI=1S/C15H28N2O/c1-14(2)10-7-12(14)15(3,18)13(8-10)17-9-11-5-4-6-16-11/h10-13,16-18H,4-9H2,1-3H3/t10-,11+,12-,13-,15-/m1/s1. The summed E-state index contributed by atoms with van der Waals surface area (Å²) < 4.78 is 0. The summed E-state index contributed by atoms with van der Waals surface area (Å²) in [6, 6.07) is 0.906. The molecule has 3 heteroatoms. The van der Waals surface area contributed by atoms with Gasteiger partial charge in [0.05, 0.1) is 5.60 Å². The summed E-state index contributed by atoms with van der Waals surface area (Å²) >= 11 is 0. The number of aliphatic hydroxyl groups is 1. The summed E-state index contributed by atoms with van der Waals surface area (Å²) in [6.45, 7) is 8.88. The minimum Gasteiger partial charge on any atom is -0.388 e. The smallest absolute Gasteiger partial charge is 0.0805 e. The van der Waals surface area contributed by atoms with Gasteiger partial charge in [-0.1, -0.05) is 13.8 Å². The van der Waals surface area contributed by atoms with Crippen molar-refractivity contribution in [2.24, 2.45) is 17.3 Å². The van der Waals surface area contributed by atoms with Gasteiger partial charge in [0.1, 0.15) is 0 Å². The maximum absolute atomic E-state index is 10.9. The van der Waals surface area contributed by atoms with Gasteiger partial charge < -0.3 is 15.7 Å². The van der Waals surface area contributed by atoms with Crippen molar-refractivity contribution in [3.63, 3.8) is 0 Å². The predicted octanol–water partition coefficient (Wildman–Crippen LogP) is 1.51.